The lowest BCUT2D eigenvalue weighted by Crippen LogP contribution is -2.33. The predicted molar refractivity (Wildman–Crippen MR) is 119 cm³/mol. The van der Waals surface area contributed by atoms with Gasteiger partial charge in [-0.2, -0.15) is 0 Å². The molecule has 0 saturated heterocycles. The Bertz CT molecular complexity index is 1310. The summed E-state index contributed by atoms with van der Waals surface area (Å²) in [4.78, 5) is 30.3. The van der Waals surface area contributed by atoms with Gasteiger partial charge >= 0.3 is 0 Å². The third-order valence-electron chi connectivity index (χ3n) is 6.16. The van der Waals surface area contributed by atoms with Gasteiger partial charge in [0.2, 0.25) is 11.7 Å². The third kappa shape index (κ3) is 2.69. The molecule has 0 aliphatic carbocycles. The molecular weight excluding hydrogens is 410 g/mol. The smallest absolute Gasteiger partial charge is 0.259 e. The number of amides is 2. The summed E-state index contributed by atoms with van der Waals surface area (Å²) in [5.41, 5.74) is 4.71. The highest BCUT2D eigenvalue weighted by Crippen LogP contribution is 2.51. The van der Waals surface area contributed by atoms with Crippen LogP contribution in [0, 0.1) is 0 Å². The molecule has 2 aliphatic rings. The molecule has 1 unspecified atom stereocenters. The third-order valence-corrected chi connectivity index (χ3v) is 6.16. The fraction of sp³-hybridized carbons (Fsp3) is 0.250. The number of rotatable bonds is 4. The van der Waals surface area contributed by atoms with Gasteiger partial charge in [-0.25, -0.2) is 0 Å². The zero-order valence-corrected chi connectivity index (χ0v) is 18.2. The Morgan fingerprint density at radius 3 is 2.50 bits per heavy atom. The van der Waals surface area contributed by atoms with E-state index in [0.29, 0.717) is 28.5 Å². The van der Waals surface area contributed by atoms with E-state index in [1.54, 1.807) is 27.4 Å². The number of H-pyrrole nitrogens is 1. The molecule has 2 N–H and O–H groups in total. The molecule has 32 heavy (non-hydrogen) atoms. The highest BCUT2D eigenvalue weighted by Gasteiger charge is 2.42. The Hall–Kier alpha value is -3.94. The maximum atomic E-state index is 13.5. The lowest BCUT2D eigenvalue weighted by atomic mass is 9.83. The maximum absolute atomic E-state index is 13.5. The number of carbonyl (C=O) groups is 2. The molecule has 164 valence electrons. The minimum atomic E-state index is -0.485. The second kappa shape index (κ2) is 7.33. The van der Waals surface area contributed by atoms with Crippen molar-refractivity contribution >= 4 is 28.4 Å². The molecule has 5 rings (SSSR count). The maximum Gasteiger partial charge on any atom is 0.259 e. The van der Waals surface area contributed by atoms with E-state index < -0.39 is 5.92 Å². The average molecular weight is 433 g/mol. The van der Waals surface area contributed by atoms with E-state index in [2.05, 4.69) is 10.3 Å². The molecule has 0 saturated carbocycles. The van der Waals surface area contributed by atoms with Crippen LogP contribution in [0.2, 0.25) is 0 Å². The van der Waals surface area contributed by atoms with Crippen molar-refractivity contribution in [2.45, 2.75) is 12.8 Å². The topological polar surface area (TPSA) is 92.9 Å². The van der Waals surface area contributed by atoms with Crippen molar-refractivity contribution in [2.24, 2.45) is 0 Å². The number of imide groups is 1. The van der Waals surface area contributed by atoms with Crippen LogP contribution in [-0.4, -0.2) is 49.6 Å². The summed E-state index contributed by atoms with van der Waals surface area (Å²) in [6.07, 6.45) is 1.91. The molecule has 2 aliphatic heterocycles. The van der Waals surface area contributed by atoms with Crippen LogP contribution in [0.25, 0.3) is 10.9 Å². The molecule has 2 aromatic carbocycles. The zero-order chi connectivity index (χ0) is 22.6. The van der Waals surface area contributed by atoms with E-state index >= 15 is 0 Å². The number of aromatic amines is 1. The second-order valence-electron chi connectivity index (χ2n) is 7.76. The van der Waals surface area contributed by atoms with E-state index in [9.17, 15) is 9.59 Å². The number of carbonyl (C=O) groups excluding carboxylic acids is 2. The van der Waals surface area contributed by atoms with E-state index in [-0.39, 0.29) is 18.4 Å². The Morgan fingerprint density at radius 1 is 1.03 bits per heavy atom. The largest absolute Gasteiger partial charge is 0.493 e. The summed E-state index contributed by atoms with van der Waals surface area (Å²) in [5.74, 6) is 0.352. The van der Waals surface area contributed by atoms with Gasteiger partial charge in [0, 0.05) is 46.9 Å². The first-order chi connectivity index (χ1) is 15.5. The van der Waals surface area contributed by atoms with Crippen LogP contribution < -0.4 is 19.5 Å². The standard InChI is InChI=1S/C24H23N3O5/c1-12(28)27-11-17-21(24(27)29)19(13-8-9-18(30-2)23(32-4)22(13)31-3)14-10-25-15-6-5-7-16(26-17)20(14)15/h5-10,19,25-26H,11H2,1-4H3. The minimum Gasteiger partial charge on any atom is -0.493 e. The van der Waals surface area contributed by atoms with Crippen molar-refractivity contribution in [1.82, 2.24) is 9.88 Å². The highest BCUT2D eigenvalue weighted by atomic mass is 16.5. The van der Waals surface area contributed by atoms with Crippen LogP contribution in [0.5, 0.6) is 17.2 Å². The van der Waals surface area contributed by atoms with Crippen molar-refractivity contribution in [2.75, 3.05) is 33.2 Å². The second-order valence-corrected chi connectivity index (χ2v) is 7.76. The Kier molecular flexibility index (Phi) is 4.58. The SMILES string of the molecule is COc1ccc(C2C3=C(CN(C(C)=O)C3=O)Nc3cccc4[nH]cc2c34)c(OC)c1OC. The van der Waals surface area contributed by atoms with Gasteiger partial charge in [0.05, 0.1) is 33.4 Å². The number of anilines is 1. The van der Waals surface area contributed by atoms with Gasteiger partial charge in [0.1, 0.15) is 0 Å². The van der Waals surface area contributed by atoms with Crippen molar-refractivity contribution in [3.63, 3.8) is 0 Å². The van der Waals surface area contributed by atoms with Crippen molar-refractivity contribution in [3.05, 3.63) is 58.9 Å². The number of hydrogen-bond acceptors (Lipinski definition) is 6. The fourth-order valence-electron chi connectivity index (χ4n) is 4.78. The molecule has 0 spiro atoms. The van der Waals surface area contributed by atoms with Crippen LogP contribution in [0.15, 0.2) is 47.8 Å². The van der Waals surface area contributed by atoms with Crippen molar-refractivity contribution < 1.29 is 23.8 Å². The quantitative estimate of drug-likeness (QED) is 0.655. The number of nitrogens with zero attached hydrogens (tertiary/aromatic N) is 1. The summed E-state index contributed by atoms with van der Waals surface area (Å²) in [5, 5.41) is 4.42. The summed E-state index contributed by atoms with van der Waals surface area (Å²) in [7, 11) is 4.67. The molecule has 3 aromatic rings. The number of hydrogen-bond donors (Lipinski definition) is 2. The summed E-state index contributed by atoms with van der Waals surface area (Å²) >= 11 is 0. The van der Waals surface area contributed by atoms with Crippen LogP contribution in [0.1, 0.15) is 24.0 Å². The van der Waals surface area contributed by atoms with Gasteiger partial charge in [-0.05, 0) is 23.8 Å². The van der Waals surface area contributed by atoms with Gasteiger partial charge < -0.3 is 24.5 Å². The monoisotopic (exact) mass is 433 g/mol. The first-order valence-electron chi connectivity index (χ1n) is 10.2. The lowest BCUT2D eigenvalue weighted by Gasteiger charge is -2.23. The molecule has 1 aromatic heterocycles. The highest BCUT2D eigenvalue weighted by molar-refractivity contribution is 6.11. The van der Waals surface area contributed by atoms with Crippen LogP contribution in [0.3, 0.4) is 0 Å². The average Bonchev–Trinajstić information content (AvgIpc) is 3.32. The van der Waals surface area contributed by atoms with Crippen molar-refractivity contribution in [1.29, 1.82) is 0 Å². The molecule has 0 fully saturated rings. The molecule has 3 heterocycles. The fourth-order valence-corrected chi connectivity index (χ4v) is 4.78. The van der Waals surface area contributed by atoms with E-state index in [1.165, 1.54) is 11.8 Å². The van der Waals surface area contributed by atoms with Crippen LogP contribution in [-0.2, 0) is 9.59 Å². The zero-order valence-electron chi connectivity index (χ0n) is 18.2. The van der Waals surface area contributed by atoms with Gasteiger partial charge in [-0.3, -0.25) is 14.5 Å². The van der Waals surface area contributed by atoms with E-state index in [4.69, 9.17) is 14.2 Å². The Labute approximate surface area is 184 Å². The van der Waals surface area contributed by atoms with Crippen molar-refractivity contribution in [3.8, 4) is 17.2 Å². The van der Waals surface area contributed by atoms with Crippen LogP contribution >= 0.6 is 0 Å². The number of ether oxygens (including phenoxy) is 3. The molecule has 1 atom stereocenters. The molecule has 0 bridgehead atoms. The molecule has 0 radical (unpaired) electrons. The summed E-state index contributed by atoms with van der Waals surface area (Å²) in [6, 6.07) is 9.59. The predicted octanol–water partition coefficient (Wildman–Crippen LogP) is 3.39. The Morgan fingerprint density at radius 2 is 1.81 bits per heavy atom. The summed E-state index contributed by atoms with van der Waals surface area (Å²) in [6.45, 7) is 1.60. The van der Waals surface area contributed by atoms with Gasteiger partial charge in [-0.15, -0.1) is 0 Å². The van der Waals surface area contributed by atoms with Gasteiger partial charge in [-0.1, -0.05) is 12.1 Å². The molecule has 2 amide bonds. The normalized spacial score (nSPS) is 17.2. The molecule has 8 nitrogen and oxygen atoms in total. The van der Waals surface area contributed by atoms with Crippen LogP contribution in [0.4, 0.5) is 5.69 Å². The van der Waals surface area contributed by atoms with E-state index in [0.717, 1.165) is 27.7 Å². The minimum absolute atomic E-state index is 0.194. The first-order valence-corrected chi connectivity index (χ1v) is 10.2. The number of aromatic nitrogens is 1. The molecule has 8 heteroatoms. The van der Waals surface area contributed by atoms with Gasteiger partial charge in [0.25, 0.3) is 5.91 Å². The molecular formula is C24H23N3O5. The summed E-state index contributed by atoms with van der Waals surface area (Å²) < 4.78 is 16.8. The number of benzene rings is 2. The number of methoxy groups -OCH3 is 3. The van der Waals surface area contributed by atoms with Gasteiger partial charge in [0.15, 0.2) is 11.5 Å². The van der Waals surface area contributed by atoms with E-state index in [1.807, 2.05) is 30.5 Å². The number of nitrogens with one attached hydrogen (secondary N) is 2. The first kappa shape index (κ1) is 20.0. The lowest BCUT2D eigenvalue weighted by molar-refractivity contribution is -0.139. The Balaban J connectivity index is 1.83.